The van der Waals surface area contributed by atoms with Crippen molar-refractivity contribution in [1.29, 1.82) is 0 Å². The topological polar surface area (TPSA) is 77.2 Å². The normalized spacial score (nSPS) is 11.9. The van der Waals surface area contributed by atoms with E-state index < -0.39 is 0 Å². The van der Waals surface area contributed by atoms with Gasteiger partial charge in [0, 0.05) is 22.8 Å². The third-order valence-electron chi connectivity index (χ3n) is 2.86. The number of benzene rings is 1. The molecule has 20 heavy (non-hydrogen) atoms. The molecule has 0 saturated carbocycles. The van der Waals surface area contributed by atoms with Crippen LogP contribution in [0.1, 0.15) is 33.2 Å². The second-order valence-electron chi connectivity index (χ2n) is 4.46. The molecule has 0 radical (unpaired) electrons. The molecule has 1 atom stereocenters. The minimum atomic E-state index is -0.217. The van der Waals surface area contributed by atoms with Crippen LogP contribution in [0.2, 0.25) is 0 Å². The quantitative estimate of drug-likeness (QED) is 0.849. The molecule has 0 fully saturated rings. The zero-order valence-electron chi connectivity index (χ0n) is 11.6. The van der Waals surface area contributed by atoms with Gasteiger partial charge in [-0.05, 0) is 26.0 Å². The lowest BCUT2D eigenvalue weighted by Gasteiger charge is -2.13. The number of hydrogen-bond acceptors (Lipinski definition) is 5. The second kappa shape index (κ2) is 5.92. The Kier molecular flexibility index (Phi) is 4.24. The number of nitrogen functional groups attached to an aromatic ring is 1. The minimum Gasteiger partial charge on any atom is -0.497 e. The number of hydrogen-bond donors (Lipinski definition) is 2. The van der Waals surface area contributed by atoms with Crippen LogP contribution in [0.4, 0.5) is 5.69 Å². The number of nitrogens with two attached hydrogens (primary N) is 1. The summed E-state index contributed by atoms with van der Waals surface area (Å²) >= 11 is 1.57. The summed E-state index contributed by atoms with van der Waals surface area (Å²) in [6.45, 7) is 3.88. The SMILES string of the molecule is COc1ccc(C(=O)NC(C)c2ncc(C)s2)c(N)c1. The van der Waals surface area contributed by atoms with Crippen molar-refractivity contribution in [3.8, 4) is 5.75 Å². The molecule has 1 aromatic heterocycles. The van der Waals surface area contributed by atoms with E-state index >= 15 is 0 Å². The zero-order valence-corrected chi connectivity index (χ0v) is 12.5. The molecule has 0 bridgehead atoms. The van der Waals surface area contributed by atoms with Gasteiger partial charge in [-0.15, -0.1) is 11.3 Å². The average Bonchev–Trinajstić information content (AvgIpc) is 2.85. The first-order chi connectivity index (χ1) is 9.51. The monoisotopic (exact) mass is 291 g/mol. The van der Waals surface area contributed by atoms with Gasteiger partial charge in [-0.2, -0.15) is 0 Å². The molecule has 1 amide bonds. The number of carbonyl (C=O) groups excluding carboxylic acids is 1. The van der Waals surface area contributed by atoms with E-state index in [1.807, 2.05) is 13.8 Å². The Labute approximate surface area is 121 Å². The van der Waals surface area contributed by atoms with Crippen LogP contribution in [-0.4, -0.2) is 18.0 Å². The van der Waals surface area contributed by atoms with E-state index in [2.05, 4.69) is 10.3 Å². The molecule has 0 aliphatic heterocycles. The number of rotatable bonds is 4. The number of methoxy groups -OCH3 is 1. The first kappa shape index (κ1) is 14.3. The van der Waals surface area contributed by atoms with Crippen molar-refractivity contribution in [3.05, 3.63) is 39.8 Å². The number of anilines is 1. The Balaban J connectivity index is 2.12. The molecule has 1 unspecified atom stereocenters. The number of nitrogens with one attached hydrogen (secondary N) is 1. The molecule has 3 N–H and O–H groups in total. The van der Waals surface area contributed by atoms with E-state index in [-0.39, 0.29) is 11.9 Å². The van der Waals surface area contributed by atoms with Gasteiger partial charge < -0.3 is 15.8 Å². The standard InChI is InChI=1S/C14H17N3O2S/c1-8-7-16-14(20-8)9(2)17-13(18)11-5-4-10(19-3)6-12(11)15/h4-7,9H,15H2,1-3H3,(H,17,18). The van der Waals surface area contributed by atoms with Gasteiger partial charge in [0.05, 0.1) is 18.7 Å². The number of ether oxygens (including phenoxy) is 1. The van der Waals surface area contributed by atoms with Gasteiger partial charge in [-0.1, -0.05) is 0 Å². The van der Waals surface area contributed by atoms with Gasteiger partial charge in [0.25, 0.3) is 5.91 Å². The van der Waals surface area contributed by atoms with Crippen molar-refractivity contribution in [1.82, 2.24) is 10.3 Å². The predicted molar refractivity (Wildman–Crippen MR) is 80.1 cm³/mol. The van der Waals surface area contributed by atoms with Crippen molar-refractivity contribution >= 4 is 22.9 Å². The molecule has 5 nitrogen and oxygen atoms in total. The van der Waals surface area contributed by atoms with Crippen LogP contribution in [-0.2, 0) is 0 Å². The van der Waals surface area contributed by atoms with Crippen molar-refractivity contribution in [2.75, 3.05) is 12.8 Å². The fourth-order valence-electron chi connectivity index (χ4n) is 1.78. The Morgan fingerprint density at radius 3 is 2.80 bits per heavy atom. The Morgan fingerprint density at radius 2 is 2.25 bits per heavy atom. The lowest BCUT2D eigenvalue weighted by molar-refractivity contribution is 0.0940. The summed E-state index contributed by atoms with van der Waals surface area (Å²) in [6, 6.07) is 4.85. The van der Waals surface area contributed by atoms with Crippen LogP contribution in [0.5, 0.6) is 5.75 Å². The summed E-state index contributed by atoms with van der Waals surface area (Å²) in [6.07, 6.45) is 1.80. The van der Waals surface area contributed by atoms with E-state index in [0.717, 1.165) is 9.88 Å². The van der Waals surface area contributed by atoms with Gasteiger partial charge in [0.1, 0.15) is 10.8 Å². The van der Waals surface area contributed by atoms with Crippen molar-refractivity contribution in [3.63, 3.8) is 0 Å². The van der Waals surface area contributed by atoms with Gasteiger partial charge in [-0.25, -0.2) is 4.98 Å². The number of amides is 1. The summed E-state index contributed by atoms with van der Waals surface area (Å²) in [7, 11) is 1.56. The minimum absolute atomic E-state index is 0.150. The molecule has 0 spiro atoms. The maximum absolute atomic E-state index is 12.2. The fraction of sp³-hybridized carbons (Fsp3) is 0.286. The summed E-state index contributed by atoms with van der Waals surface area (Å²) in [5.41, 5.74) is 6.69. The Morgan fingerprint density at radius 1 is 1.50 bits per heavy atom. The maximum atomic E-state index is 12.2. The van der Waals surface area contributed by atoms with E-state index in [0.29, 0.717) is 17.0 Å². The largest absolute Gasteiger partial charge is 0.497 e. The van der Waals surface area contributed by atoms with E-state index in [1.165, 1.54) is 0 Å². The molecule has 106 valence electrons. The van der Waals surface area contributed by atoms with Gasteiger partial charge >= 0.3 is 0 Å². The van der Waals surface area contributed by atoms with Gasteiger partial charge in [0.2, 0.25) is 0 Å². The van der Waals surface area contributed by atoms with Crippen LogP contribution in [0.15, 0.2) is 24.4 Å². The molecule has 0 saturated heterocycles. The predicted octanol–water partition coefficient (Wildman–Crippen LogP) is 2.53. The number of aryl methyl sites for hydroxylation is 1. The molecule has 2 rings (SSSR count). The first-order valence-electron chi connectivity index (χ1n) is 6.18. The Bertz CT molecular complexity index is 625. The highest BCUT2D eigenvalue weighted by Crippen LogP contribution is 2.22. The summed E-state index contributed by atoms with van der Waals surface area (Å²) in [5.74, 6) is 0.410. The molecule has 1 aromatic carbocycles. The van der Waals surface area contributed by atoms with Crippen LogP contribution >= 0.6 is 11.3 Å². The molecular formula is C14H17N3O2S. The highest BCUT2D eigenvalue weighted by Gasteiger charge is 2.16. The fourth-order valence-corrected chi connectivity index (χ4v) is 2.56. The van der Waals surface area contributed by atoms with Gasteiger partial charge in [0.15, 0.2) is 0 Å². The number of thiazole rings is 1. The maximum Gasteiger partial charge on any atom is 0.253 e. The first-order valence-corrected chi connectivity index (χ1v) is 6.99. The molecular weight excluding hydrogens is 274 g/mol. The third-order valence-corrected chi connectivity index (χ3v) is 3.96. The number of aromatic nitrogens is 1. The van der Waals surface area contributed by atoms with Crippen molar-refractivity contribution in [2.45, 2.75) is 19.9 Å². The average molecular weight is 291 g/mol. The van der Waals surface area contributed by atoms with Crippen LogP contribution in [0.3, 0.4) is 0 Å². The molecule has 2 aromatic rings. The van der Waals surface area contributed by atoms with Crippen molar-refractivity contribution in [2.24, 2.45) is 0 Å². The third kappa shape index (κ3) is 3.08. The molecule has 6 heteroatoms. The lowest BCUT2D eigenvalue weighted by Crippen LogP contribution is -2.27. The molecule has 1 heterocycles. The Hall–Kier alpha value is -2.08. The van der Waals surface area contributed by atoms with Crippen LogP contribution in [0, 0.1) is 6.92 Å². The van der Waals surface area contributed by atoms with Crippen molar-refractivity contribution < 1.29 is 9.53 Å². The summed E-state index contributed by atoms with van der Waals surface area (Å²) < 4.78 is 5.06. The highest BCUT2D eigenvalue weighted by atomic mass is 32.1. The molecule has 0 aliphatic carbocycles. The smallest absolute Gasteiger partial charge is 0.253 e. The zero-order chi connectivity index (χ0) is 14.7. The van der Waals surface area contributed by atoms with E-state index in [4.69, 9.17) is 10.5 Å². The van der Waals surface area contributed by atoms with Crippen LogP contribution in [0.25, 0.3) is 0 Å². The number of carbonyl (C=O) groups is 1. The lowest BCUT2D eigenvalue weighted by atomic mass is 10.1. The highest BCUT2D eigenvalue weighted by molar-refractivity contribution is 7.11. The van der Waals surface area contributed by atoms with Crippen LogP contribution < -0.4 is 15.8 Å². The van der Waals surface area contributed by atoms with Gasteiger partial charge in [-0.3, -0.25) is 4.79 Å². The summed E-state index contributed by atoms with van der Waals surface area (Å²) in [5, 5.41) is 3.77. The van der Waals surface area contributed by atoms with E-state index in [1.54, 1.807) is 42.8 Å². The summed E-state index contributed by atoms with van der Waals surface area (Å²) in [4.78, 5) is 17.6. The molecule has 0 aliphatic rings. The van der Waals surface area contributed by atoms with E-state index in [9.17, 15) is 4.79 Å². The second-order valence-corrected chi connectivity index (χ2v) is 5.72. The number of nitrogens with zero attached hydrogens (tertiary/aromatic N) is 1.